The molecule has 0 aromatic carbocycles. The Hall–Kier alpha value is -2.86. The number of hydrogen-bond donors (Lipinski definition) is 3. The number of carbonyl (C=O) groups is 1. The molecule has 1 amide bonds. The summed E-state index contributed by atoms with van der Waals surface area (Å²) in [6.07, 6.45) is 9.63. The molecule has 1 saturated heterocycles. The summed E-state index contributed by atoms with van der Waals surface area (Å²) < 4.78 is 16.3. The van der Waals surface area contributed by atoms with E-state index in [0.717, 1.165) is 49.1 Å². The molecule has 6 rings (SSSR count). The van der Waals surface area contributed by atoms with Crippen molar-refractivity contribution in [2.24, 2.45) is 17.8 Å². The lowest BCUT2D eigenvalue weighted by molar-refractivity contribution is 0.0706. The van der Waals surface area contributed by atoms with Crippen molar-refractivity contribution in [2.75, 3.05) is 31.6 Å². The number of rotatable bonds is 15. The van der Waals surface area contributed by atoms with E-state index in [-0.39, 0.29) is 28.3 Å². The first-order valence-electron chi connectivity index (χ1n) is 15.2. The van der Waals surface area contributed by atoms with Gasteiger partial charge in [0.25, 0.3) is 5.91 Å². The molecule has 3 aromatic heterocycles. The van der Waals surface area contributed by atoms with Crippen LogP contribution in [-0.2, 0) is 4.74 Å². The van der Waals surface area contributed by atoms with Crippen molar-refractivity contribution >= 4 is 35.3 Å². The van der Waals surface area contributed by atoms with E-state index in [4.69, 9.17) is 21.1 Å². The van der Waals surface area contributed by atoms with Crippen LogP contribution in [0.5, 0.6) is 5.88 Å². The Morgan fingerprint density at radius 3 is 2.67 bits per heavy atom. The molecular weight excluding hydrogens is 586 g/mol. The molecule has 12 heteroatoms. The number of carbonyl (C=O) groups excluding carboxylic acids is 1. The van der Waals surface area contributed by atoms with E-state index in [0.29, 0.717) is 42.3 Å². The second-order valence-electron chi connectivity index (χ2n) is 12.4. The van der Waals surface area contributed by atoms with E-state index >= 15 is 0 Å². The maximum absolute atomic E-state index is 12.9. The lowest BCUT2D eigenvalue weighted by Crippen LogP contribution is -2.31. The number of nitrogens with zero attached hydrogens (tertiary/aromatic N) is 4. The summed E-state index contributed by atoms with van der Waals surface area (Å²) in [5, 5.41) is 12.0. The van der Waals surface area contributed by atoms with E-state index in [1.165, 1.54) is 25.7 Å². The molecule has 3 aromatic rings. The number of amides is 1. The van der Waals surface area contributed by atoms with Crippen molar-refractivity contribution in [3.05, 3.63) is 53.3 Å². The predicted molar refractivity (Wildman–Crippen MR) is 168 cm³/mol. The maximum Gasteiger partial charge on any atom is 0.264 e. The first kappa shape index (κ1) is 30.2. The molecule has 3 fully saturated rings. The monoisotopic (exact) mass is 625 g/mol. The van der Waals surface area contributed by atoms with Crippen LogP contribution in [0, 0.1) is 17.8 Å². The molecule has 3 N–H and O–H groups in total. The van der Waals surface area contributed by atoms with Crippen molar-refractivity contribution in [2.45, 2.75) is 69.0 Å². The molecule has 1 atom stereocenters. The SMILES string of the molecule is CC1(C)CC(OCCNc2cccc(SNC(=O)c3ccc(-n4ccc(OCCC(C5CC5)C5CC5)n4)nc3Cl)n2)CN1. The number of anilines is 1. The standard InChI is InChI=1S/C31H40ClN7O3S/c1-31(2)18-22(19-34-31)41-17-14-33-25-4-3-5-28(35-25)43-38-30(40)24-10-11-26(36-29(24)32)39-15-12-27(37-39)42-16-13-23(20-6-7-20)21-8-9-21/h3-5,10-12,15,20-23,34H,6-9,13-14,16-19H2,1-2H3,(H,33,35)(H,38,40). The van der Waals surface area contributed by atoms with Crippen molar-refractivity contribution < 1.29 is 14.3 Å². The van der Waals surface area contributed by atoms with E-state index in [2.05, 4.69) is 44.3 Å². The molecule has 2 saturated carbocycles. The molecular formula is C31H40ClN7O3S. The zero-order chi connectivity index (χ0) is 29.8. The molecule has 0 bridgehead atoms. The van der Waals surface area contributed by atoms with Crippen LogP contribution in [0.1, 0.15) is 62.7 Å². The molecule has 0 spiro atoms. The van der Waals surface area contributed by atoms with Gasteiger partial charge >= 0.3 is 0 Å². The Labute approximate surface area is 262 Å². The van der Waals surface area contributed by atoms with Gasteiger partial charge in [-0.05, 0) is 94.4 Å². The topological polar surface area (TPSA) is 115 Å². The van der Waals surface area contributed by atoms with Crippen molar-refractivity contribution in [3.63, 3.8) is 0 Å². The second kappa shape index (κ2) is 13.4. The van der Waals surface area contributed by atoms with Crippen molar-refractivity contribution in [1.82, 2.24) is 29.8 Å². The predicted octanol–water partition coefficient (Wildman–Crippen LogP) is 5.53. The van der Waals surface area contributed by atoms with Crippen LogP contribution in [0.2, 0.25) is 5.15 Å². The van der Waals surface area contributed by atoms with Crippen LogP contribution >= 0.6 is 23.5 Å². The van der Waals surface area contributed by atoms with Crippen LogP contribution in [0.4, 0.5) is 5.82 Å². The van der Waals surface area contributed by atoms with Gasteiger partial charge < -0.3 is 20.1 Å². The Balaban J connectivity index is 0.950. The number of ether oxygens (including phenoxy) is 2. The summed E-state index contributed by atoms with van der Waals surface area (Å²) in [6, 6.07) is 10.8. The fraction of sp³-hybridized carbons (Fsp3) is 0.548. The van der Waals surface area contributed by atoms with Gasteiger partial charge in [-0.15, -0.1) is 5.10 Å². The quantitative estimate of drug-likeness (QED) is 0.114. The Morgan fingerprint density at radius 2 is 1.95 bits per heavy atom. The van der Waals surface area contributed by atoms with Crippen LogP contribution in [0.25, 0.3) is 5.82 Å². The third kappa shape index (κ3) is 8.41. The minimum atomic E-state index is -0.360. The van der Waals surface area contributed by atoms with Gasteiger partial charge in [0, 0.05) is 42.8 Å². The summed E-state index contributed by atoms with van der Waals surface area (Å²) in [5.41, 5.74) is 0.397. The van der Waals surface area contributed by atoms with Gasteiger partial charge in [0.2, 0.25) is 5.88 Å². The van der Waals surface area contributed by atoms with Gasteiger partial charge in [0.15, 0.2) is 5.82 Å². The van der Waals surface area contributed by atoms with Crippen LogP contribution in [-0.4, -0.2) is 63.6 Å². The normalized spacial score (nSPS) is 19.5. The minimum absolute atomic E-state index is 0.0921. The van der Waals surface area contributed by atoms with E-state index < -0.39 is 0 Å². The molecule has 3 aliphatic rings. The maximum atomic E-state index is 12.9. The van der Waals surface area contributed by atoms with Gasteiger partial charge in [0.05, 0.1) is 24.9 Å². The fourth-order valence-electron chi connectivity index (χ4n) is 5.79. The third-order valence-corrected chi connectivity index (χ3v) is 9.33. The summed E-state index contributed by atoms with van der Waals surface area (Å²) >= 11 is 7.54. The van der Waals surface area contributed by atoms with Gasteiger partial charge in [0.1, 0.15) is 16.0 Å². The molecule has 1 unspecified atom stereocenters. The summed E-state index contributed by atoms with van der Waals surface area (Å²) in [5.74, 6) is 4.06. The highest BCUT2D eigenvalue weighted by molar-refractivity contribution is 7.97. The molecule has 2 aliphatic carbocycles. The highest BCUT2D eigenvalue weighted by Crippen LogP contribution is 2.50. The lowest BCUT2D eigenvalue weighted by Gasteiger charge is -2.17. The van der Waals surface area contributed by atoms with Crippen LogP contribution in [0.15, 0.2) is 47.6 Å². The largest absolute Gasteiger partial charge is 0.477 e. The van der Waals surface area contributed by atoms with Crippen LogP contribution < -0.4 is 20.1 Å². The van der Waals surface area contributed by atoms with Gasteiger partial charge in [-0.3, -0.25) is 9.52 Å². The summed E-state index contributed by atoms with van der Waals surface area (Å²) in [4.78, 5) is 21.8. The number of hydrogen-bond acceptors (Lipinski definition) is 9. The van der Waals surface area contributed by atoms with Crippen LogP contribution in [0.3, 0.4) is 0 Å². The molecule has 4 heterocycles. The fourth-order valence-corrected chi connectivity index (χ4v) is 6.62. The van der Waals surface area contributed by atoms with E-state index in [9.17, 15) is 4.79 Å². The number of aromatic nitrogens is 4. The highest BCUT2D eigenvalue weighted by Gasteiger charge is 2.41. The smallest absolute Gasteiger partial charge is 0.264 e. The summed E-state index contributed by atoms with van der Waals surface area (Å²) in [7, 11) is 0. The second-order valence-corrected chi connectivity index (χ2v) is 13.5. The van der Waals surface area contributed by atoms with Gasteiger partial charge in [-0.1, -0.05) is 17.7 Å². The Morgan fingerprint density at radius 1 is 1.14 bits per heavy atom. The zero-order valence-electron chi connectivity index (χ0n) is 24.7. The average Bonchev–Trinajstić information content (AvgIpc) is 3.93. The number of nitrogens with one attached hydrogen (secondary N) is 3. The van der Waals surface area contributed by atoms with E-state index in [1.807, 2.05) is 24.3 Å². The molecule has 1 aliphatic heterocycles. The third-order valence-electron chi connectivity index (χ3n) is 8.31. The number of pyridine rings is 2. The lowest BCUT2D eigenvalue weighted by atomic mass is 9.95. The zero-order valence-corrected chi connectivity index (χ0v) is 26.3. The van der Waals surface area contributed by atoms with Gasteiger partial charge in [-0.2, -0.15) is 0 Å². The van der Waals surface area contributed by atoms with Crippen molar-refractivity contribution in [1.29, 1.82) is 0 Å². The highest BCUT2D eigenvalue weighted by atomic mass is 35.5. The number of halogens is 1. The summed E-state index contributed by atoms with van der Waals surface area (Å²) in [6.45, 7) is 7.16. The van der Waals surface area contributed by atoms with Crippen molar-refractivity contribution in [3.8, 4) is 11.7 Å². The molecule has 10 nitrogen and oxygen atoms in total. The Kier molecular flexibility index (Phi) is 9.42. The molecule has 0 radical (unpaired) electrons. The van der Waals surface area contributed by atoms with Gasteiger partial charge in [-0.25, -0.2) is 14.6 Å². The minimum Gasteiger partial charge on any atom is -0.477 e. The first-order valence-corrected chi connectivity index (χ1v) is 16.4. The average molecular weight is 626 g/mol. The van der Waals surface area contributed by atoms with E-state index in [1.54, 1.807) is 23.0 Å². The Bertz CT molecular complexity index is 1400. The molecule has 43 heavy (non-hydrogen) atoms. The first-order chi connectivity index (χ1) is 20.8. The molecule has 230 valence electrons.